The fraction of sp³-hybridized carbons (Fsp3) is 0.619. The Balaban J connectivity index is 2.06. The third-order valence-corrected chi connectivity index (χ3v) is 7.11. The molecule has 1 aliphatic heterocycles. The molecule has 1 aromatic carbocycles. The first-order valence-corrected chi connectivity index (χ1v) is 9.90. The molecule has 0 spiro atoms. The lowest BCUT2D eigenvalue weighted by Gasteiger charge is -2.61. The van der Waals surface area contributed by atoms with E-state index in [9.17, 15) is 19.8 Å². The first kappa shape index (κ1) is 20.6. The summed E-state index contributed by atoms with van der Waals surface area (Å²) in [5.74, 6) is -0.541. The Morgan fingerprint density at radius 2 is 2.00 bits per heavy atom. The van der Waals surface area contributed by atoms with Gasteiger partial charge >= 0.3 is 6.03 Å². The fourth-order valence-electron chi connectivity index (χ4n) is 5.29. The fourth-order valence-corrected chi connectivity index (χ4v) is 5.29. The van der Waals surface area contributed by atoms with Crippen LogP contribution in [0.3, 0.4) is 0 Å². The Bertz CT molecular complexity index is 783. The predicted octanol–water partition coefficient (Wildman–Crippen LogP) is 1.65. The maximum absolute atomic E-state index is 12.7. The predicted molar refractivity (Wildman–Crippen MR) is 106 cm³/mol. The van der Waals surface area contributed by atoms with Gasteiger partial charge in [0.25, 0.3) is 0 Å². The smallest absolute Gasteiger partial charge is 0.321 e. The Kier molecular flexibility index (Phi) is 5.42. The number of likely N-dealkylation sites (tertiary alicyclic amines) is 1. The Morgan fingerprint density at radius 3 is 2.68 bits per heavy atom. The number of carbonyl (C=O) groups is 2. The second kappa shape index (κ2) is 7.37. The van der Waals surface area contributed by atoms with E-state index in [4.69, 9.17) is 0 Å². The van der Waals surface area contributed by atoms with Gasteiger partial charge in [-0.1, -0.05) is 6.07 Å². The largest absolute Gasteiger partial charge is 0.508 e. The maximum Gasteiger partial charge on any atom is 0.321 e. The third kappa shape index (κ3) is 3.16. The van der Waals surface area contributed by atoms with Gasteiger partial charge in [0.2, 0.25) is 5.91 Å². The van der Waals surface area contributed by atoms with Crippen molar-refractivity contribution in [1.82, 2.24) is 15.5 Å². The van der Waals surface area contributed by atoms with E-state index in [2.05, 4.69) is 15.5 Å². The highest BCUT2D eigenvalue weighted by molar-refractivity contribution is 5.95. The van der Waals surface area contributed by atoms with E-state index >= 15 is 0 Å². The van der Waals surface area contributed by atoms with Crippen LogP contribution in [0.1, 0.15) is 43.7 Å². The first-order chi connectivity index (χ1) is 13.1. The zero-order chi connectivity index (χ0) is 20.7. The SMILES string of the molecule is CNC(=O)NC(=O)C1CCC2(O)C(C)N(C)CCC2(c2cc(O)ccc2C)C1. The molecule has 2 fully saturated rings. The van der Waals surface area contributed by atoms with Crippen LogP contribution in [-0.2, 0) is 10.2 Å². The van der Waals surface area contributed by atoms with E-state index in [1.807, 2.05) is 27.0 Å². The summed E-state index contributed by atoms with van der Waals surface area (Å²) < 4.78 is 0. The molecule has 4 unspecified atom stereocenters. The van der Waals surface area contributed by atoms with Gasteiger partial charge in [0, 0.05) is 24.4 Å². The number of benzene rings is 1. The number of phenolic OH excluding ortho intramolecular Hbond substituents is 1. The molecule has 1 saturated heterocycles. The van der Waals surface area contributed by atoms with Gasteiger partial charge < -0.3 is 20.4 Å². The Morgan fingerprint density at radius 1 is 1.29 bits per heavy atom. The molecule has 7 heteroatoms. The lowest BCUT2D eigenvalue weighted by atomic mass is 9.51. The number of piperidine rings is 1. The molecule has 7 nitrogen and oxygen atoms in total. The second-order valence-corrected chi connectivity index (χ2v) is 8.42. The second-order valence-electron chi connectivity index (χ2n) is 8.42. The lowest BCUT2D eigenvalue weighted by molar-refractivity contribution is -0.162. The summed E-state index contributed by atoms with van der Waals surface area (Å²) in [6, 6.07) is 4.62. The molecular weight excluding hydrogens is 358 g/mol. The molecule has 3 amide bonds. The summed E-state index contributed by atoms with van der Waals surface area (Å²) in [5, 5.41) is 26.9. The molecule has 4 N–H and O–H groups in total. The summed E-state index contributed by atoms with van der Waals surface area (Å²) in [6.45, 7) is 4.78. The average Bonchev–Trinajstić information content (AvgIpc) is 2.67. The van der Waals surface area contributed by atoms with Gasteiger partial charge in [-0.15, -0.1) is 0 Å². The number of rotatable bonds is 2. The number of urea groups is 1. The van der Waals surface area contributed by atoms with Crippen LogP contribution in [0.4, 0.5) is 4.79 Å². The number of aromatic hydroxyl groups is 1. The van der Waals surface area contributed by atoms with Crippen molar-refractivity contribution in [2.45, 2.75) is 56.6 Å². The quantitative estimate of drug-likeness (QED) is 0.616. The molecular formula is C21H31N3O4. The van der Waals surface area contributed by atoms with E-state index in [1.165, 1.54) is 7.05 Å². The number of fused-ring (bicyclic) bond motifs is 1. The number of nitrogens with one attached hydrogen (secondary N) is 2. The summed E-state index contributed by atoms with van der Waals surface area (Å²) in [5.41, 5.74) is 0.195. The monoisotopic (exact) mass is 389 g/mol. The van der Waals surface area contributed by atoms with E-state index in [1.54, 1.807) is 12.1 Å². The number of aryl methyl sites for hydroxylation is 1. The Labute approximate surface area is 166 Å². The molecule has 154 valence electrons. The highest BCUT2D eigenvalue weighted by atomic mass is 16.3. The van der Waals surface area contributed by atoms with Crippen LogP contribution in [0.2, 0.25) is 0 Å². The van der Waals surface area contributed by atoms with E-state index in [-0.39, 0.29) is 23.6 Å². The number of nitrogens with zero attached hydrogens (tertiary/aromatic N) is 1. The number of phenols is 1. The normalized spacial score (nSPS) is 33.0. The van der Waals surface area contributed by atoms with Crippen LogP contribution < -0.4 is 10.6 Å². The molecule has 1 saturated carbocycles. The van der Waals surface area contributed by atoms with Crippen molar-refractivity contribution in [3.63, 3.8) is 0 Å². The van der Waals surface area contributed by atoms with Gasteiger partial charge in [-0.2, -0.15) is 0 Å². The number of amides is 3. The van der Waals surface area contributed by atoms with Gasteiger partial charge in [0.05, 0.1) is 5.60 Å². The number of imide groups is 1. The number of carbonyl (C=O) groups excluding carboxylic acids is 2. The molecule has 0 radical (unpaired) electrons. The minimum absolute atomic E-state index is 0.0917. The summed E-state index contributed by atoms with van der Waals surface area (Å²) >= 11 is 0. The standard InChI is InChI=1S/C21H31N3O4/c1-13-5-6-16(25)11-17(13)20-9-10-24(4)14(2)21(20,28)8-7-15(12-20)18(26)23-19(27)22-3/h5-6,11,14-15,25,28H,7-10,12H2,1-4H3,(H2,22,23,26,27). The minimum atomic E-state index is -1.03. The first-order valence-electron chi connectivity index (χ1n) is 9.90. The van der Waals surface area contributed by atoms with Gasteiger partial charge in [-0.25, -0.2) is 4.79 Å². The molecule has 2 aliphatic rings. The summed E-state index contributed by atoms with van der Waals surface area (Å²) in [7, 11) is 3.48. The summed E-state index contributed by atoms with van der Waals surface area (Å²) in [4.78, 5) is 26.5. The topological polar surface area (TPSA) is 102 Å². The van der Waals surface area contributed by atoms with Crippen molar-refractivity contribution in [2.24, 2.45) is 5.92 Å². The molecule has 0 aromatic heterocycles. The number of hydrogen-bond donors (Lipinski definition) is 4. The van der Waals surface area contributed by atoms with Crippen LogP contribution in [-0.4, -0.2) is 59.3 Å². The van der Waals surface area contributed by atoms with Gasteiger partial charge in [0.1, 0.15) is 5.75 Å². The maximum atomic E-state index is 12.7. The Hall–Kier alpha value is -2.12. The van der Waals surface area contributed by atoms with Crippen LogP contribution in [0.5, 0.6) is 5.75 Å². The van der Waals surface area contributed by atoms with Gasteiger partial charge in [-0.05, 0) is 76.4 Å². The molecule has 4 atom stereocenters. The molecule has 0 bridgehead atoms. The van der Waals surface area contributed by atoms with Gasteiger partial charge in [0.15, 0.2) is 0 Å². The number of aliphatic hydroxyl groups is 1. The zero-order valence-corrected chi connectivity index (χ0v) is 17.1. The highest BCUT2D eigenvalue weighted by Gasteiger charge is 2.61. The number of likely N-dealkylation sites (N-methyl/N-ethyl adjacent to an activating group) is 1. The summed E-state index contributed by atoms with van der Waals surface area (Å²) in [6.07, 6.45) is 2.09. The van der Waals surface area contributed by atoms with Crippen LogP contribution >= 0.6 is 0 Å². The van der Waals surface area contributed by atoms with Gasteiger partial charge in [-0.3, -0.25) is 10.1 Å². The van der Waals surface area contributed by atoms with Crippen molar-refractivity contribution in [3.8, 4) is 5.75 Å². The number of hydrogen-bond acceptors (Lipinski definition) is 5. The van der Waals surface area contributed by atoms with Crippen LogP contribution in [0.15, 0.2) is 18.2 Å². The highest BCUT2D eigenvalue weighted by Crippen LogP contribution is 2.56. The van der Waals surface area contributed by atoms with Crippen LogP contribution in [0, 0.1) is 12.8 Å². The van der Waals surface area contributed by atoms with E-state index < -0.39 is 17.0 Å². The third-order valence-electron chi connectivity index (χ3n) is 7.11. The van der Waals surface area contributed by atoms with Crippen molar-refractivity contribution in [1.29, 1.82) is 0 Å². The molecule has 28 heavy (non-hydrogen) atoms. The molecule has 1 heterocycles. The van der Waals surface area contributed by atoms with Crippen molar-refractivity contribution in [2.75, 3.05) is 20.6 Å². The van der Waals surface area contributed by atoms with E-state index in [0.717, 1.165) is 17.7 Å². The van der Waals surface area contributed by atoms with Crippen LogP contribution in [0.25, 0.3) is 0 Å². The molecule has 1 aliphatic carbocycles. The zero-order valence-electron chi connectivity index (χ0n) is 17.1. The minimum Gasteiger partial charge on any atom is -0.508 e. The van der Waals surface area contributed by atoms with Crippen molar-refractivity contribution in [3.05, 3.63) is 29.3 Å². The lowest BCUT2D eigenvalue weighted by Crippen LogP contribution is -2.69. The van der Waals surface area contributed by atoms with Crippen molar-refractivity contribution >= 4 is 11.9 Å². The average molecular weight is 389 g/mol. The molecule has 1 aromatic rings. The van der Waals surface area contributed by atoms with Crippen molar-refractivity contribution < 1.29 is 19.8 Å². The van der Waals surface area contributed by atoms with E-state index in [0.29, 0.717) is 25.7 Å². The molecule has 3 rings (SSSR count).